The number of aromatic carboxylic acids is 1. The Balaban J connectivity index is 2.63. The van der Waals surface area contributed by atoms with Gasteiger partial charge in [0.1, 0.15) is 29.8 Å². The highest BCUT2D eigenvalue weighted by Gasteiger charge is 2.17. The summed E-state index contributed by atoms with van der Waals surface area (Å²) in [5, 5.41) is 18.4. The van der Waals surface area contributed by atoms with Crippen molar-refractivity contribution in [1.82, 2.24) is 0 Å². The predicted molar refractivity (Wildman–Crippen MR) is 65.9 cm³/mol. The van der Waals surface area contributed by atoms with Crippen molar-refractivity contribution in [3.8, 4) is 5.75 Å². The average molecular weight is 272 g/mol. The summed E-state index contributed by atoms with van der Waals surface area (Å²) in [4.78, 5) is 10.9. The Morgan fingerprint density at radius 1 is 1.37 bits per heavy atom. The molecule has 1 aromatic rings. The number of ether oxygens (including phenoxy) is 2. The molecule has 1 atom stereocenters. The van der Waals surface area contributed by atoms with Gasteiger partial charge in [0.2, 0.25) is 0 Å². The maximum atomic E-state index is 13.3. The van der Waals surface area contributed by atoms with E-state index in [1.54, 1.807) is 0 Å². The third-order valence-corrected chi connectivity index (χ3v) is 2.24. The molecule has 1 rings (SSSR count). The fraction of sp³-hybridized carbons (Fsp3) is 0.462. The highest BCUT2D eigenvalue weighted by Crippen LogP contribution is 2.21. The normalized spacial score (nSPS) is 12.5. The van der Waals surface area contributed by atoms with E-state index < -0.39 is 23.5 Å². The largest absolute Gasteiger partial charge is 0.490 e. The number of hydrogen-bond acceptors (Lipinski definition) is 4. The van der Waals surface area contributed by atoms with Crippen LogP contribution in [0.25, 0.3) is 0 Å². The second-order valence-electron chi connectivity index (χ2n) is 4.27. The minimum Gasteiger partial charge on any atom is -0.490 e. The maximum Gasteiger partial charge on any atom is 0.342 e. The van der Waals surface area contributed by atoms with Crippen molar-refractivity contribution >= 4 is 5.97 Å². The number of rotatable bonds is 7. The summed E-state index contributed by atoms with van der Waals surface area (Å²) in [6.45, 7) is 3.54. The first-order chi connectivity index (χ1) is 8.91. The summed E-state index contributed by atoms with van der Waals surface area (Å²) >= 11 is 0. The fourth-order valence-corrected chi connectivity index (χ4v) is 1.37. The van der Waals surface area contributed by atoms with E-state index in [-0.39, 0.29) is 25.1 Å². The van der Waals surface area contributed by atoms with E-state index in [0.717, 1.165) is 6.07 Å². The number of aliphatic hydroxyl groups excluding tert-OH is 1. The zero-order chi connectivity index (χ0) is 14.4. The molecule has 0 fully saturated rings. The first-order valence-corrected chi connectivity index (χ1v) is 5.86. The van der Waals surface area contributed by atoms with Gasteiger partial charge >= 0.3 is 5.97 Å². The van der Waals surface area contributed by atoms with Gasteiger partial charge in [0, 0.05) is 0 Å². The van der Waals surface area contributed by atoms with Gasteiger partial charge in [-0.15, -0.1) is 0 Å². The van der Waals surface area contributed by atoms with Gasteiger partial charge < -0.3 is 19.7 Å². The zero-order valence-electron chi connectivity index (χ0n) is 10.8. The van der Waals surface area contributed by atoms with Crippen LogP contribution in [0.15, 0.2) is 18.2 Å². The smallest absolute Gasteiger partial charge is 0.342 e. The number of aliphatic hydroxyl groups is 1. The second-order valence-corrected chi connectivity index (χ2v) is 4.27. The summed E-state index contributed by atoms with van der Waals surface area (Å²) < 4.78 is 23.6. The van der Waals surface area contributed by atoms with E-state index in [2.05, 4.69) is 0 Å². The second kappa shape index (κ2) is 7.06. The van der Waals surface area contributed by atoms with Crippen LogP contribution in [0.3, 0.4) is 0 Å². The number of benzene rings is 1. The topological polar surface area (TPSA) is 76.0 Å². The lowest BCUT2D eigenvalue weighted by Crippen LogP contribution is -2.25. The molecule has 0 aliphatic heterocycles. The molecule has 0 aliphatic carbocycles. The minimum absolute atomic E-state index is 0.0293. The maximum absolute atomic E-state index is 13.3. The third kappa shape index (κ3) is 4.84. The van der Waals surface area contributed by atoms with Crippen LogP contribution in [-0.2, 0) is 4.74 Å². The van der Waals surface area contributed by atoms with Gasteiger partial charge in [-0.2, -0.15) is 0 Å². The monoisotopic (exact) mass is 272 g/mol. The van der Waals surface area contributed by atoms with Crippen LogP contribution in [0.4, 0.5) is 4.39 Å². The standard InChI is InChI=1S/C13H17FO5/c1-8(2)18-6-9(15)7-19-11-5-3-4-10(14)12(11)13(16)17/h3-5,8-9,15H,6-7H2,1-2H3,(H,16,17). The van der Waals surface area contributed by atoms with Crippen molar-refractivity contribution in [3.05, 3.63) is 29.6 Å². The Morgan fingerprint density at radius 3 is 2.63 bits per heavy atom. The molecule has 1 aromatic carbocycles. The van der Waals surface area contributed by atoms with Crippen LogP contribution in [0, 0.1) is 5.82 Å². The van der Waals surface area contributed by atoms with Crippen LogP contribution in [-0.4, -0.2) is 41.6 Å². The predicted octanol–water partition coefficient (Wildman–Crippen LogP) is 1.69. The first kappa shape index (κ1) is 15.4. The highest BCUT2D eigenvalue weighted by molar-refractivity contribution is 5.91. The third-order valence-electron chi connectivity index (χ3n) is 2.24. The lowest BCUT2D eigenvalue weighted by atomic mass is 10.2. The number of carboxylic acids is 1. The summed E-state index contributed by atoms with van der Waals surface area (Å²) in [5.74, 6) is -2.41. The van der Waals surface area contributed by atoms with E-state index in [0.29, 0.717) is 0 Å². The van der Waals surface area contributed by atoms with Crippen molar-refractivity contribution in [3.63, 3.8) is 0 Å². The number of carboxylic acid groups (broad SMARTS) is 1. The molecule has 0 saturated carbocycles. The molecule has 0 radical (unpaired) electrons. The van der Waals surface area contributed by atoms with Crippen molar-refractivity contribution < 1.29 is 28.9 Å². The zero-order valence-corrected chi connectivity index (χ0v) is 10.8. The van der Waals surface area contributed by atoms with Gasteiger partial charge in [-0.05, 0) is 26.0 Å². The van der Waals surface area contributed by atoms with Crippen LogP contribution in [0.5, 0.6) is 5.75 Å². The Kier molecular flexibility index (Phi) is 5.72. The molecule has 0 aliphatic rings. The fourth-order valence-electron chi connectivity index (χ4n) is 1.37. The molecule has 6 heteroatoms. The lowest BCUT2D eigenvalue weighted by molar-refractivity contribution is -0.0124. The first-order valence-electron chi connectivity index (χ1n) is 5.86. The van der Waals surface area contributed by atoms with Crippen molar-refractivity contribution in [2.45, 2.75) is 26.1 Å². The molecular formula is C13H17FO5. The van der Waals surface area contributed by atoms with Crippen LogP contribution in [0.2, 0.25) is 0 Å². The van der Waals surface area contributed by atoms with Crippen molar-refractivity contribution in [2.24, 2.45) is 0 Å². The molecule has 0 spiro atoms. The minimum atomic E-state index is -1.42. The Bertz CT molecular complexity index is 433. The quantitative estimate of drug-likeness (QED) is 0.790. The molecule has 106 valence electrons. The number of carbonyl (C=O) groups is 1. The van der Waals surface area contributed by atoms with Gasteiger partial charge in [-0.1, -0.05) is 6.07 Å². The van der Waals surface area contributed by atoms with Crippen molar-refractivity contribution in [1.29, 1.82) is 0 Å². The molecule has 0 heterocycles. The summed E-state index contributed by atoms with van der Waals surface area (Å²) in [5.41, 5.74) is -0.542. The Labute approximate surface area is 110 Å². The number of halogens is 1. The molecule has 0 bridgehead atoms. The molecule has 5 nitrogen and oxygen atoms in total. The van der Waals surface area contributed by atoms with E-state index >= 15 is 0 Å². The van der Waals surface area contributed by atoms with Crippen LogP contribution < -0.4 is 4.74 Å². The van der Waals surface area contributed by atoms with E-state index in [1.165, 1.54) is 12.1 Å². The molecule has 1 unspecified atom stereocenters. The average Bonchev–Trinajstić information content (AvgIpc) is 2.33. The number of hydrogen-bond donors (Lipinski definition) is 2. The van der Waals surface area contributed by atoms with E-state index in [9.17, 15) is 14.3 Å². The van der Waals surface area contributed by atoms with Gasteiger partial charge in [0.05, 0.1) is 12.7 Å². The summed E-state index contributed by atoms with van der Waals surface area (Å²) in [7, 11) is 0. The van der Waals surface area contributed by atoms with Crippen LogP contribution >= 0.6 is 0 Å². The lowest BCUT2D eigenvalue weighted by Gasteiger charge is -2.15. The van der Waals surface area contributed by atoms with E-state index in [1.807, 2.05) is 13.8 Å². The summed E-state index contributed by atoms with van der Waals surface area (Å²) in [6, 6.07) is 3.71. The van der Waals surface area contributed by atoms with Gasteiger partial charge in [0.15, 0.2) is 0 Å². The SMILES string of the molecule is CC(C)OCC(O)COc1cccc(F)c1C(=O)O. The molecule has 0 amide bonds. The molecule has 0 aromatic heterocycles. The van der Waals surface area contributed by atoms with Crippen LogP contribution in [0.1, 0.15) is 24.2 Å². The van der Waals surface area contributed by atoms with Crippen molar-refractivity contribution in [2.75, 3.05) is 13.2 Å². The summed E-state index contributed by atoms with van der Waals surface area (Å²) in [6.07, 6.45) is -0.939. The Morgan fingerprint density at radius 2 is 2.05 bits per heavy atom. The molecule has 0 saturated heterocycles. The molecule has 19 heavy (non-hydrogen) atoms. The van der Waals surface area contributed by atoms with Gasteiger partial charge in [-0.25, -0.2) is 9.18 Å². The Hall–Kier alpha value is -1.66. The molecular weight excluding hydrogens is 255 g/mol. The van der Waals surface area contributed by atoms with Gasteiger partial charge in [-0.3, -0.25) is 0 Å². The van der Waals surface area contributed by atoms with E-state index in [4.69, 9.17) is 14.6 Å². The molecule has 2 N–H and O–H groups in total. The van der Waals surface area contributed by atoms with Gasteiger partial charge in [0.25, 0.3) is 0 Å². The highest BCUT2D eigenvalue weighted by atomic mass is 19.1.